The van der Waals surface area contributed by atoms with Gasteiger partial charge in [-0.1, -0.05) is 12.7 Å². The second kappa shape index (κ2) is 4.79. The highest BCUT2D eigenvalue weighted by Gasteiger charge is 1.89. The fourth-order valence-corrected chi connectivity index (χ4v) is 0.577. The number of hydrogen-bond donors (Lipinski definition) is 0. The van der Waals surface area contributed by atoms with E-state index in [1.807, 2.05) is 32.0 Å². The summed E-state index contributed by atoms with van der Waals surface area (Å²) in [5.74, 6) is 0. The van der Waals surface area contributed by atoms with E-state index in [2.05, 4.69) is 11.6 Å². The van der Waals surface area contributed by atoms with Gasteiger partial charge in [-0.05, 0) is 6.92 Å². The molecule has 0 spiro atoms. The van der Waals surface area contributed by atoms with Gasteiger partial charge in [0.05, 0.1) is 5.70 Å². The van der Waals surface area contributed by atoms with Crippen LogP contribution < -0.4 is 0 Å². The minimum absolute atomic E-state index is 1.08. The molecule has 0 saturated carbocycles. The summed E-state index contributed by atoms with van der Waals surface area (Å²) in [6.07, 6.45) is 5.28. The lowest BCUT2D eigenvalue weighted by Crippen LogP contribution is -2.11. The van der Waals surface area contributed by atoms with Crippen molar-refractivity contribution < 1.29 is 0 Å². The van der Waals surface area contributed by atoms with Gasteiger partial charge in [-0.2, -0.15) is 0 Å². The van der Waals surface area contributed by atoms with Crippen LogP contribution in [-0.4, -0.2) is 25.2 Å². The molecule has 0 rings (SSSR count). The van der Waals surface area contributed by atoms with Gasteiger partial charge in [-0.15, -0.1) is 0 Å². The molecular formula is C8H14N2. The Morgan fingerprint density at radius 1 is 1.50 bits per heavy atom. The molecule has 0 heterocycles. The van der Waals surface area contributed by atoms with E-state index in [1.54, 1.807) is 6.21 Å². The highest BCUT2D eigenvalue weighted by molar-refractivity contribution is 5.77. The van der Waals surface area contributed by atoms with Gasteiger partial charge in [0.1, 0.15) is 0 Å². The Morgan fingerprint density at radius 3 is 2.40 bits per heavy atom. The topological polar surface area (TPSA) is 15.6 Å². The first-order valence-electron chi connectivity index (χ1n) is 3.20. The number of allylic oxidation sites excluding steroid dienone is 2. The van der Waals surface area contributed by atoms with E-state index >= 15 is 0 Å². The summed E-state index contributed by atoms with van der Waals surface area (Å²) in [6, 6.07) is 0. The Kier molecular flexibility index (Phi) is 4.29. The lowest BCUT2D eigenvalue weighted by Gasteiger charge is -2.11. The molecule has 0 aliphatic carbocycles. The highest BCUT2D eigenvalue weighted by atomic mass is 15.1. The molecule has 0 unspecified atom stereocenters. The maximum atomic E-state index is 3.89. The standard InChI is InChI=1S/C8H14N2/c1-5-8(10(3)4)7-9-6-2/h5-7H,2H2,1,3-4H3/b8-5+,9-7?. The summed E-state index contributed by atoms with van der Waals surface area (Å²) < 4.78 is 0. The predicted molar refractivity (Wildman–Crippen MR) is 46.1 cm³/mol. The van der Waals surface area contributed by atoms with E-state index < -0.39 is 0 Å². The lowest BCUT2D eigenvalue weighted by molar-refractivity contribution is 0.541. The zero-order valence-electron chi connectivity index (χ0n) is 6.83. The molecule has 0 N–H and O–H groups in total. The quantitative estimate of drug-likeness (QED) is 0.541. The third kappa shape index (κ3) is 3.07. The predicted octanol–water partition coefficient (Wildman–Crippen LogP) is 1.67. The van der Waals surface area contributed by atoms with Crippen molar-refractivity contribution in [3.05, 3.63) is 24.6 Å². The molecule has 2 heteroatoms. The van der Waals surface area contributed by atoms with Crippen molar-refractivity contribution >= 4 is 6.21 Å². The van der Waals surface area contributed by atoms with Crippen LogP contribution in [0.2, 0.25) is 0 Å². The number of aliphatic imine (C=N–C) groups is 1. The van der Waals surface area contributed by atoms with Crippen LogP contribution in [0.3, 0.4) is 0 Å². The Labute approximate surface area is 62.6 Å². The van der Waals surface area contributed by atoms with Crippen molar-refractivity contribution in [3.8, 4) is 0 Å². The Balaban J connectivity index is 4.10. The van der Waals surface area contributed by atoms with E-state index in [0.29, 0.717) is 0 Å². The molecule has 0 bridgehead atoms. The Hall–Kier alpha value is -1.05. The fraction of sp³-hybridized carbons (Fsp3) is 0.375. The first kappa shape index (κ1) is 8.95. The van der Waals surface area contributed by atoms with Gasteiger partial charge in [0.2, 0.25) is 0 Å². The average Bonchev–Trinajstić information content (AvgIpc) is 1.89. The molecule has 0 aromatic rings. The van der Waals surface area contributed by atoms with Crippen molar-refractivity contribution in [3.63, 3.8) is 0 Å². The van der Waals surface area contributed by atoms with Crippen molar-refractivity contribution in [2.24, 2.45) is 4.99 Å². The van der Waals surface area contributed by atoms with Gasteiger partial charge in [0.25, 0.3) is 0 Å². The third-order valence-corrected chi connectivity index (χ3v) is 1.12. The van der Waals surface area contributed by atoms with E-state index in [1.165, 1.54) is 6.20 Å². The molecule has 10 heavy (non-hydrogen) atoms. The molecule has 0 aromatic heterocycles. The average molecular weight is 138 g/mol. The third-order valence-electron chi connectivity index (χ3n) is 1.12. The van der Waals surface area contributed by atoms with Crippen LogP contribution in [0.1, 0.15) is 6.92 Å². The molecule has 0 atom stereocenters. The van der Waals surface area contributed by atoms with Crippen LogP contribution in [0, 0.1) is 0 Å². The highest BCUT2D eigenvalue weighted by Crippen LogP contribution is 1.93. The second-order valence-electron chi connectivity index (χ2n) is 2.07. The molecule has 0 aliphatic heterocycles. The van der Waals surface area contributed by atoms with Crippen LogP contribution in [-0.2, 0) is 0 Å². The maximum absolute atomic E-state index is 3.89. The molecular weight excluding hydrogens is 124 g/mol. The molecule has 0 aliphatic rings. The fourth-order valence-electron chi connectivity index (χ4n) is 0.577. The minimum Gasteiger partial charge on any atom is -0.377 e. The summed E-state index contributed by atoms with van der Waals surface area (Å²) in [7, 11) is 3.95. The number of rotatable bonds is 3. The Morgan fingerprint density at radius 2 is 2.10 bits per heavy atom. The minimum atomic E-state index is 1.08. The molecule has 56 valence electrons. The summed E-state index contributed by atoms with van der Waals surface area (Å²) in [4.78, 5) is 5.89. The van der Waals surface area contributed by atoms with E-state index in [-0.39, 0.29) is 0 Å². The number of nitrogens with zero attached hydrogens (tertiary/aromatic N) is 2. The van der Waals surface area contributed by atoms with Gasteiger partial charge in [-0.3, -0.25) is 4.99 Å². The van der Waals surface area contributed by atoms with E-state index in [9.17, 15) is 0 Å². The van der Waals surface area contributed by atoms with Gasteiger partial charge in [0.15, 0.2) is 0 Å². The van der Waals surface area contributed by atoms with Crippen LogP contribution in [0.5, 0.6) is 0 Å². The lowest BCUT2D eigenvalue weighted by atomic mass is 10.4. The van der Waals surface area contributed by atoms with Crippen molar-refractivity contribution in [1.82, 2.24) is 4.90 Å². The second-order valence-corrected chi connectivity index (χ2v) is 2.07. The zero-order valence-corrected chi connectivity index (χ0v) is 6.83. The molecule has 0 aromatic carbocycles. The monoisotopic (exact) mass is 138 g/mol. The number of hydrogen-bond acceptors (Lipinski definition) is 2. The molecule has 0 saturated heterocycles. The van der Waals surface area contributed by atoms with Gasteiger partial charge >= 0.3 is 0 Å². The van der Waals surface area contributed by atoms with Crippen molar-refractivity contribution in [2.75, 3.05) is 14.1 Å². The maximum Gasteiger partial charge on any atom is 0.0503 e. The normalized spacial score (nSPS) is 12.1. The SMILES string of the molecule is C=CN=C/C(=C\C)N(C)C. The molecule has 0 fully saturated rings. The van der Waals surface area contributed by atoms with Gasteiger partial charge < -0.3 is 4.90 Å². The largest absolute Gasteiger partial charge is 0.377 e. The smallest absolute Gasteiger partial charge is 0.0503 e. The summed E-state index contributed by atoms with van der Waals surface area (Å²) >= 11 is 0. The van der Waals surface area contributed by atoms with Gasteiger partial charge in [-0.25, -0.2) is 0 Å². The van der Waals surface area contributed by atoms with Gasteiger partial charge in [0, 0.05) is 26.5 Å². The summed E-state index contributed by atoms with van der Waals surface area (Å²) in [5.41, 5.74) is 1.08. The molecule has 0 amide bonds. The van der Waals surface area contributed by atoms with Crippen LogP contribution in [0.25, 0.3) is 0 Å². The van der Waals surface area contributed by atoms with Crippen molar-refractivity contribution in [1.29, 1.82) is 0 Å². The Bertz CT molecular complexity index is 155. The molecule has 2 nitrogen and oxygen atoms in total. The summed E-state index contributed by atoms with van der Waals surface area (Å²) in [5, 5.41) is 0. The van der Waals surface area contributed by atoms with Crippen molar-refractivity contribution in [2.45, 2.75) is 6.92 Å². The van der Waals surface area contributed by atoms with Crippen LogP contribution in [0.4, 0.5) is 0 Å². The van der Waals surface area contributed by atoms with E-state index in [0.717, 1.165) is 5.70 Å². The zero-order chi connectivity index (χ0) is 7.98. The first-order valence-corrected chi connectivity index (χ1v) is 3.20. The van der Waals surface area contributed by atoms with E-state index in [4.69, 9.17) is 0 Å². The van der Waals surface area contributed by atoms with Crippen LogP contribution in [0.15, 0.2) is 29.5 Å². The summed E-state index contributed by atoms with van der Waals surface area (Å²) in [6.45, 7) is 5.46. The van der Waals surface area contributed by atoms with Crippen LogP contribution >= 0.6 is 0 Å². The molecule has 0 radical (unpaired) electrons. The first-order chi connectivity index (χ1) is 4.72.